The van der Waals surface area contributed by atoms with E-state index < -0.39 is 23.3 Å². The van der Waals surface area contributed by atoms with Gasteiger partial charge in [0.25, 0.3) is 0 Å². The zero-order valence-corrected chi connectivity index (χ0v) is 20.4. The molecule has 2 aliphatic heterocycles. The highest BCUT2D eigenvalue weighted by atomic mass is 35.5. The van der Waals surface area contributed by atoms with Gasteiger partial charge in [-0.1, -0.05) is 17.7 Å². The molecule has 3 aromatic rings. The SMILES string of the molecule is CCN=C1NC(N)(c2ccc(-n3cnc(Cl)c3)c(OC)c2)NC2=C1COCC2c1cc(F)cc(F)c1. The van der Waals surface area contributed by atoms with E-state index in [0.29, 0.717) is 40.1 Å². The maximum atomic E-state index is 14.1. The number of aromatic nitrogens is 2. The maximum Gasteiger partial charge on any atom is 0.190 e. The van der Waals surface area contributed by atoms with Crippen LogP contribution in [0.3, 0.4) is 0 Å². The summed E-state index contributed by atoms with van der Waals surface area (Å²) < 4.78 is 41.3. The molecular weight excluding hydrogens is 490 g/mol. The minimum Gasteiger partial charge on any atom is -0.495 e. The fourth-order valence-corrected chi connectivity index (χ4v) is 4.71. The number of hydrogen-bond acceptors (Lipinski definition) is 6. The first-order chi connectivity index (χ1) is 17.3. The van der Waals surface area contributed by atoms with Gasteiger partial charge in [-0.15, -0.1) is 0 Å². The topological polar surface area (TPSA) is 98.7 Å². The standard InChI is InChI=1S/C25H25ClF2N6O2/c1-3-30-24-19-12-36-11-18(14-6-16(27)9-17(28)7-14)23(19)32-25(29,33-24)15-4-5-20(21(8-15)35-2)34-10-22(26)31-13-34/h4-10,13,18,32H,3,11-12,29H2,1-2H3,(H,30,33). The van der Waals surface area contributed by atoms with Crippen molar-refractivity contribution in [1.82, 2.24) is 20.2 Å². The van der Waals surface area contributed by atoms with Crippen LogP contribution in [0.25, 0.3) is 5.69 Å². The first-order valence-corrected chi connectivity index (χ1v) is 11.7. The molecule has 3 heterocycles. The molecule has 0 fully saturated rings. The van der Waals surface area contributed by atoms with Crippen LogP contribution in [-0.4, -0.2) is 42.3 Å². The quantitative estimate of drug-likeness (QED) is 0.481. The molecule has 1 aromatic heterocycles. The van der Waals surface area contributed by atoms with E-state index in [1.165, 1.54) is 12.1 Å². The molecule has 0 spiro atoms. The van der Waals surface area contributed by atoms with E-state index in [1.54, 1.807) is 30.3 Å². The summed E-state index contributed by atoms with van der Waals surface area (Å²) >= 11 is 5.99. The average Bonchev–Trinajstić information content (AvgIpc) is 3.29. The third kappa shape index (κ3) is 4.43. The van der Waals surface area contributed by atoms with Crippen molar-refractivity contribution in [3.05, 3.63) is 88.1 Å². The number of aliphatic imine (C=N–C) groups is 1. The summed E-state index contributed by atoms with van der Waals surface area (Å²) in [4.78, 5) is 8.66. The Balaban J connectivity index is 1.58. The van der Waals surface area contributed by atoms with Crippen LogP contribution in [0.2, 0.25) is 5.15 Å². The van der Waals surface area contributed by atoms with Gasteiger partial charge >= 0.3 is 0 Å². The number of benzene rings is 2. The molecule has 11 heteroatoms. The number of hydrogen-bond donors (Lipinski definition) is 3. The second-order valence-electron chi connectivity index (χ2n) is 8.53. The zero-order valence-electron chi connectivity index (χ0n) is 19.7. The van der Waals surface area contributed by atoms with Crippen molar-refractivity contribution in [1.29, 1.82) is 0 Å². The van der Waals surface area contributed by atoms with E-state index in [-0.39, 0.29) is 13.2 Å². The number of nitrogens with zero attached hydrogens (tertiary/aromatic N) is 3. The summed E-state index contributed by atoms with van der Waals surface area (Å²) in [6.07, 6.45) is 3.26. The number of ether oxygens (including phenoxy) is 2. The molecule has 2 aromatic carbocycles. The van der Waals surface area contributed by atoms with Gasteiger partial charge in [0.1, 0.15) is 34.7 Å². The van der Waals surface area contributed by atoms with Crippen LogP contribution in [0.5, 0.6) is 5.75 Å². The maximum absolute atomic E-state index is 14.1. The Kier molecular flexibility index (Phi) is 6.42. The van der Waals surface area contributed by atoms with Crippen molar-refractivity contribution in [3.63, 3.8) is 0 Å². The van der Waals surface area contributed by atoms with Crippen LogP contribution in [0.15, 0.2) is 65.2 Å². The highest BCUT2D eigenvalue weighted by Crippen LogP contribution is 2.36. The summed E-state index contributed by atoms with van der Waals surface area (Å²) in [5.41, 5.74) is 10.2. The Morgan fingerprint density at radius 2 is 2.03 bits per heavy atom. The minimum absolute atomic E-state index is 0.230. The molecule has 2 unspecified atom stereocenters. The first kappa shape index (κ1) is 24.2. The van der Waals surface area contributed by atoms with E-state index in [0.717, 1.165) is 17.3 Å². The lowest BCUT2D eigenvalue weighted by molar-refractivity contribution is 0.125. The van der Waals surface area contributed by atoms with E-state index in [4.69, 9.17) is 26.8 Å². The second kappa shape index (κ2) is 9.53. The Hall–Kier alpha value is -3.47. The van der Waals surface area contributed by atoms with Gasteiger partial charge in [0, 0.05) is 41.6 Å². The summed E-state index contributed by atoms with van der Waals surface area (Å²) in [7, 11) is 1.56. The van der Waals surface area contributed by atoms with Crippen LogP contribution in [-0.2, 0) is 10.5 Å². The molecule has 0 saturated carbocycles. The highest BCUT2D eigenvalue weighted by molar-refractivity contribution is 6.29. The van der Waals surface area contributed by atoms with Crippen molar-refractivity contribution in [2.75, 3.05) is 26.9 Å². The van der Waals surface area contributed by atoms with Crippen molar-refractivity contribution < 1.29 is 18.3 Å². The Morgan fingerprint density at radius 3 is 2.69 bits per heavy atom. The molecule has 0 radical (unpaired) electrons. The monoisotopic (exact) mass is 514 g/mol. The average molecular weight is 515 g/mol. The van der Waals surface area contributed by atoms with Crippen LogP contribution < -0.4 is 21.1 Å². The second-order valence-corrected chi connectivity index (χ2v) is 8.92. The van der Waals surface area contributed by atoms with Crippen molar-refractivity contribution in [2.45, 2.75) is 18.6 Å². The minimum atomic E-state index is -1.30. The lowest BCUT2D eigenvalue weighted by atomic mass is 9.88. The molecule has 2 atom stereocenters. The molecule has 2 aliphatic rings. The van der Waals surface area contributed by atoms with Gasteiger partial charge in [0.05, 0.1) is 26.0 Å². The first-order valence-electron chi connectivity index (χ1n) is 11.4. The van der Waals surface area contributed by atoms with Crippen LogP contribution in [0.1, 0.15) is 24.0 Å². The molecule has 8 nitrogen and oxygen atoms in total. The number of nitrogens with two attached hydrogens (primary N) is 1. The third-order valence-corrected chi connectivity index (χ3v) is 6.40. The van der Waals surface area contributed by atoms with Crippen molar-refractivity contribution in [2.24, 2.45) is 10.7 Å². The van der Waals surface area contributed by atoms with Gasteiger partial charge in [-0.3, -0.25) is 10.7 Å². The molecule has 188 valence electrons. The van der Waals surface area contributed by atoms with Crippen molar-refractivity contribution in [3.8, 4) is 11.4 Å². The summed E-state index contributed by atoms with van der Waals surface area (Å²) in [5, 5.41) is 7.03. The number of rotatable bonds is 5. The highest BCUT2D eigenvalue weighted by Gasteiger charge is 2.41. The summed E-state index contributed by atoms with van der Waals surface area (Å²) in [6.45, 7) is 2.92. The smallest absolute Gasteiger partial charge is 0.190 e. The van der Waals surface area contributed by atoms with Gasteiger partial charge in [-0.2, -0.15) is 0 Å². The number of imidazole rings is 1. The fourth-order valence-electron chi connectivity index (χ4n) is 4.56. The van der Waals surface area contributed by atoms with Crippen LogP contribution >= 0.6 is 11.6 Å². The van der Waals surface area contributed by atoms with E-state index in [2.05, 4.69) is 20.6 Å². The predicted molar refractivity (Wildman–Crippen MR) is 132 cm³/mol. The van der Waals surface area contributed by atoms with Gasteiger partial charge in [0.15, 0.2) is 5.79 Å². The fraction of sp³-hybridized carbons (Fsp3) is 0.280. The Labute approximate surface area is 211 Å². The summed E-state index contributed by atoms with van der Waals surface area (Å²) in [6, 6.07) is 8.94. The van der Waals surface area contributed by atoms with E-state index in [9.17, 15) is 8.78 Å². The molecule has 4 N–H and O–H groups in total. The largest absolute Gasteiger partial charge is 0.495 e. The van der Waals surface area contributed by atoms with E-state index >= 15 is 0 Å². The van der Waals surface area contributed by atoms with E-state index in [1.807, 2.05) is 19.1 Å². The number of nitrogens with one attached hydrogen (secondary N) is 2. The van der Waals surface area contributed by atoms with Crippen LogP contribution in [0.4, 0.5) is 8.78 Å². The molecular formula is C25H25ClF2N6O2. The van der Waals surface area contributed by atoms with Gasteiger partial charge in [0.2, 0.25) is 0 Å². The predicted octanol–water partition coefficient (Wildman–Crippen LogP) is 3.56. The van der Waals surface area contributed by atoms with Gasteiger partial charge < -0.3 is 24.7 Å². The third-order valence-electron chi connectivity index (χ3n) is 6.21. The Morgan fingerprint density at radius 1 is 1.25 bits per heavy atom. The lowest BCUT2D eigenvalue weighted by Crippen LogP contribution is -2.67. The van der Waals surface area contributed by atoms with Crippen molar-refractivity contribution >= 4 is 17.4 Å². The zero-order chi connectivity index (χ0) is 25.4. The normalized spacial score (nSPS) is 22.7. The molecule has 5 rings (SSSR count). The molecule has 0 amide bonds. The molecule has 0 aliphatic carbocycles. The number of amidine groups is 1. The molecule has 36 heavy (non-hydrogen) atoms. The van der Waals surface area contributed by atoms with Gasteiger partial charge in [-0.25, -0.2) is 13.8 Å². The number of methoxy groups -OCH3 is 1. The number of halogens is 3. The van der Waals surface area contributed by atoms with Gasteiger partial charge in [-0.05, 0) is 36.8 Å². The summed E-state index contributed by atoms with van der Waals surface area (Å²) in [5.74, 6) is -1.99. The molecule has 0 saturated heterocycles. The van der Waals surface area contributed by atoms with Crippen LogP contribution in [0, 0.1) is 11.6 Å². The Bertz CT molecular complexity index is 1350. The molecule has 0 bridgehead atoms. The lowest BCUT2D eigenvalue weighted by Gasteiger charge is -2.44.